The molecule has 0 aromatic heterocycles. The minimum Gasteiger partial charge on any atom is -0.550 e. The number of hydrogen-bond donors (Lipinski definition) is 0. The molecule has 0 fully saturated rings. The summed E-state index contributed by atoms with van der Waals surface area (Å²) < 4.78 is 0. The maximum Gasteiger partial charge on any atom is 3.00 e. The van der Waals surface area contributed by atoms with Gasteiger partial charge in [0.05, 0.1) is 0 Å². The second-order valence-electron chi connectivity index (χ2n) is 7.70. The van der Waals surface area contributed by atoms with E-state index in [-0.39, 0.29) is 59.5 Å². The first kappa shape index (κ1) is 38.1. The van der Waals surface area contributed by atoms with Crippen molar-refractivity contribution in [3.8, 4) is 0 Å². The quantitative estimate of drug-likeness (QED) is 0.299. The molecule has 0 aliphatic heterocycles. The molecule has 7 heteroatoms. The van der Waals surface area contributed by atoms with Gasteiger partial charge in [-0.25, -0.2) is 0 Å². The van der Waals surface area contributed by atoms with Gasteiger partial charge in [0.1, 0.15) is 0 Å². The summed E-state index contributed by atoms with van der Waals surface area (Å²) in [5.41, 5.74) is 0. The number of carbonyl (C=O) groups is 3. The van der Waals surface area contributed by atoms with Crippen molar-refractivity contribution in [2.75, 3.05) is 0 Å². The first-order valence-electron chi connectivity index (χ1n) is 11.8. The molecular formula is C24H45CeO6. The molecule has 0 aromatic carbocycles. The second kappa shape index (κ2) is 27.8. The van der Waals surface area contributed by atoms with Crippen LogP contribution in [0.5, 0.6) is 0 Å². The second-order valence-corrected chi connectivity index (χ2v) is 7.70. The van der Waals surface area contributed by atoms with E-state index in [1.807, 2.05) is 20.8 Å². The third-order valence-electron chi connectivity index (χ3n) is 5.20. The van der Waals surface area contributed by atoms with Gasteiger partial charge >= 0.3 is 41.7 Å². The van der Waals surface area contributed by atoms with Crippen molar-refractivity contribution in [3.05, 3.63) is 0 Å². The molecule has 0 bridgehead atoms. The number of rotatable bonds is 15. The van der Waals surface area contributed by atoms with Crippen LogP contribution in [0.15, 0.2) is 0 Å². The van der Waals surface area contributed by atoms with E-state index in [0.29, 0.717) is 19.3 Å². The predicted octanol–water partition coefficient (Wildman–Crippen LogP) is 2.86. The maximum atomic E-state index is 10.3. The van der Waals surface area contributed by atoms with Crippen LogP contribution in [0.2, 0.25) is 0 Å². The molecule has 0 N–H and O–H groups in total. The smallest absolute Gasteiger partial charge is 0.550 e. The van der Waals surface area contributed by atoms with Gasteiger partial charge in [-0.3, -0.25) is 0 Å². The molecule has 3 unspecified atom stereocenters. The third kappa shape index (κ3) is 25.9. The van der Waals surface area contributed by atoms with Gasteiger partial charge in [0, 0.05) is 17.9 Å². The average Bonchev–Trinajstić information content (AvgIpc) is 2.70. The summed E-state index contributed by atoms with van der Waals surface area (Å²) in [5.74, 6) is -3.34. The Balaban J connectivity index is -0.000000174. The van der Waals surface area contributed by atoms with Crippen molar-refractivity contribution >= 4 is 17.9 Å². The van der Waals surface area contributed by atoms with E-state index >= 15 is 0 Å². The summed E-state index contributed by atoms with van der Waals surface area (Å²) in [6, 6.07) is 0. The molecule has 0 rings (SSSR count). The summed E-state index contributed by atoms with van der Waals surface area (Å²) in [5, 5.41) is 31.0. The molecule has 0 spiro atoms. The molecule has 1 radical (unpaired) electrons. The molecule has 0 aliphatic rings. The van der Waals surface area contributed by atoms with Gasteiger partial charge in [-0.2, -0.15) is 0 Å². The van der Waals surface area contributed by atoms with E-state index in [9.17, 15) is 29.7 Å². The fraction of sp³-hybridized carbons (Fsp3) is 0.875. The fourth-order valence-electron chi connectivity index (χ4n) is 2.82. The molecule has 0 aromatic rings. The maximum absolute atomic E-state index is 10.3. The number of unbranched alkanes of at least 4 members (excludes halogenated alkanes) is 3. The Morgan fingerprint density at radius 1 is 0.516 bits per heavy atom. The van der Waals surface area contributed by atoms with Crippen molar-refractivity contribution in [2.24, 2.45) is 17.8 Å². The Labute approximate surface area is 224 Å². The molecule has 181 valence electrons. The van der Waals surface area contributed by atoms with Gasteiger partial charge < -0.3 is 29.7 Å². The van der Waals surface area contributed by atoms with Crippen molar-refractivity contribution in [1.29, 1.82) is 0 Å². The Hall–Kier alpha value is -0.213. The Bertz CT molecular complexity index is 366. The van der Waals surface area contributed by atoms with Crippen molar-refractivity contribution in [2.45, 2.75) is 119 Å². The summed E-state index contributed by atoms with van der Waals surface area (Å²) >= 11 is 0. The Morgan fingerprint density at radius 2 is 0.710 bits per heavy atom. The molecule has 0 saturated carbocycles. The average molecular weight is 570 g/mol. The monoisotopic (exact) mass is 569 g/mol. The van der Waals surface area contributed by atoms with Crippen LogP contribution >= 0.6 is 0 Å². The molecule has 0 aliphatic carbocycles. The molecular weight excluding hydrogens is 524 g/mol. The molecule has 0 heterocycles. The van der Waals surface area contributed by atoms with Gasteiger partial charge in [0.15, 0.2) is 0 Å². The zero-order valence-electron chi connectivity index (χ0n) is 20.7. The van der Waals surface area contributed by atoms with Gasteiger partial charge in [-0.05, 0) is 56.3 Å². The summed E-state index contributed by atoms with van der Waals surface area (Å²) in [6.45, 7) is 11.8. The van der Waals surface area contributed by atoms with Crippen molar-refractivity contribution < 1.29 is 71.5 Å². The number of hydrogen-bond acceptors (Lipinski definition) is 6. The standard InChI is InChI=1S/3C8H16O2.Ce/c3*1-3-5-6-7(4-2)8(9)10;/h3*7H,3-6H2,1-2H3,(H,9,10);/q;;;+3/p-3. The van der Waals surface area contributed by atoms with Crippen LogP contribution in [0.1, 0.15) is 119 Å². The first-order valence-corrected chi connectivity index (χ1v) is 11.8. The normalized spacial score (nSPS) is 12.6. The topological polar surface area (TPSA) is 120 Å². The van der Waals surface area contributed by atoms with Crippen LogP contribution in [-0.2, 0) is 14.4 Å². The largest absolute Gasteiger partial charge is 3.00 e. The molecule has 3 atom stereocenters. The Morgan fingerprint density at radius 3 is 0.806 bits per heavy atom. The van der Waals surface area contributed by atoms with E-state index in [2.05, 4.69) is 20.8 Å². The van der Waals surface area contributed by atoms with Crippen LogP contribution in [0.25, 0.3) is 0 Å². The minimum atomic E-state index is -0.893. The third-order valence-corrected chi connectivity index (χ3v) is 5.20. The van der Waals surface area contributed by atoms with E-state index < -0.39 is 17.9 Å². The summed E-state index contributed by atoms with van der Waals surface area (Å²) in [7, 11) is 0. The van der Waals surface area contributed by atoms with Crippen molar-refractivity contribution in [1.82, 2.24) is 0 Å². The minimum absolute atomic E-state index is 0. The van der Waals surface area contributed by atoms with Crippen LogP contribution < -0.4 is 15.3 Å². The summed E-state index contributed by atoms with van der Waals surface area (Å²) in [4.78, 5) is 31.0. The predicted molar refractivity (Wildman–Crippen MR) is 115 cm³/mol. The summed E-state index contributed by atoms with van der Waals surface area (Å²) in [6.07, 6.45) is 10.6. The first-order chi connectivity index (χ1) is 14.2. The Kier molecular flexibility index (Phi) is 34.2. The zero-order valence-corrected chi connectivity index (χ0v) is 23.8. The number of aliphatic carboxylic acids is 3. The van der Waals surface area contributed by atoms with Crippen molar-refractivity contribution in [3.63, 3.8) is 0 Å². The van der Waals surface area contributed by atoms with E-state index in [1.54, 1.807) is 0 Å². The zero-order chi connectivity index (χ0) is 23.9. The van der Waals surface area contributed by atoms with Gasteiger partial charge in [-0.15, -0.1) is 0 Å². The number of carboxylic acids is 3. The van der Waals surface area contributed by atoms with Crippen LogP contribution in [0, 0.1) is 59.5 Å². The van der Waals surface area contributed by atoms with Gasteiger partial charge in [-0.1, -0.05) is 80.1 Å². The van der Waals surface area contributed by atoms with Gasteiger partial charge in [0.25, 0.3) is 0 Å². The van der Waals surface area contributed by atoms with E-state index in [0.717, 1.165) is 57.8 Å². The molecule has 0 amide bonds. The molecule has 6 nitrogen and oxygen atoms in total. The van der Waals surface area contributed by atoms with Crippen LogP contribution in [-0.4, -0.2) is 17.9 Å². The number of carbonyl (C=O) groups excluding carboxylic acids is 3. The fourth-order valence-corrected chi connectivity index (χ4v) is 2.82. The van der Waals surface area contributed by atoms with Gasteiger partial charge in [0.2, 0.25) is 0 Å². The number of carboxylic acid groups (broad SMARTS) is 3. The van der Waals surface area contributed by atoms with E-state index in [4.69, 9.17) is 0 Å². The SMILES string of the molecule is CCCCC(CC)C(=O)[O-].CCCCC(CC)C(=O)[O-].CCCCC(CC)C(=O)[O-].[Ce+3]. The molecule has 31 heavy (non-hydrogen) atoms. The molecule has 0 saturated heterocycles. The van der Waals surface area contributed by atoms with E-state index in [1.165, 1.54) is 0 Å². The van der Waals surface area contributed by atoms with Crippen LogP contribution in [0.4, 0.5) is 0 Å². The van der Waals surface area contributed by atoms with Crippen LogP contribution in [0.3, 0.4) is 0 Å².